The van der Waals surface area contributed by atoms with Crippen LogP contribution in [0.4, 0.5) is 5.69 Å². The minimum absolute atomic E-state index is 0.199. The van der Waals surface area contributed by atoms with Gasteiger partial charge in [0.05, 0.1) is 5.69 Å². The topological polar surface area (TPSA) is 40.5 Å². The SMILES string of the molecule is CCN(c1csc2ccccc12)C1CCC(c2ccc(CCC(=O)O)cc2)C1. The molecular weight excluding hydrogens is 366 g/mol. The molecule has 28 heavy (non-hydrogen) atoms. The molecule has 0 spiro atoms. The van der Waals surface area contributed by atoms with Gasteiger partial charge in [0.15, 0.2) is 0 Å². The van der Waals surface area contributed by atoms with Crippen molar-refractivity contribution in [1.29, 1.82) is 0 Å². The van der Waals surface area contributed by atoms with Gasteiger partial charge in [0.2, 0.25) is 0 Å². The number of rotatable bonds is 7. The monoisotopic (exact) mass is 393 g/mol. The number of carbonyl (C=O) groups is 1. The molecule has 1 heterocycles. The smallest absolute Gasteiger partial charge is 0.303 e. The van der Waals surface area contributed by atoms with Crippen molar-refractivity contribution in [3.05, 3.63) is 65.0 Å². The number of fused-ring (bicyclic) bond motifs is 1. The minimum Gasteiger partial charge on any atom is -0.481 e. The van der Waals surface area contributed by atoms with Gasteiger partial charge in [-0.05, 0) is 55.7 Å². The summed E-state index contributed by atoms with van der Waals surface area (Å²) in [4.78, 5) is 13.3. The Kier molecular flexibility index (Phi) is 5.67. The summed E-state index contributed by atoms with van der Waals surface area (Å²) in [6.07, 6.45) is 4.44. The zero-order valence-corrected chi connectivity index (χ0v) is 17.1. The Hall–Kier alpha value is -2.33. The highest BCUT2D eigenvalue weighted by Crippen LogP contribution is 2.41. The predicted molar refractivity (Wildman–Crippen MR) is 118 cm³/mol. The summed E-state index contributed by atoms with van der Waals surface area (Å²) in [6.45, 7) is 3.29. The highest BCUT2D eigenvalue weighted by Gasteiger charge is 2.30. The molecule has 0 saturated heterocycles. The zero-order valence-electron chi connectivity index (χ0n) is 16.3. The van der Waals surface area contributed by atoms with Crippen molar-refractivity contribution in [3.8, 4) is 0 Å². The molecule has 4 rings (SSSR count). The maximum atomic E-state index is 10.8. The number of benzene rings is 2. The Morgan fingerprint density at radius 2 is 1.93 bits per heavy atom. The van der Waals surface area contributed by atoms with Gasteiger partial charge in [-0.1, -0.05) is 42.5 Å². The van der Waals surface area contributed by atoms with E-state index >= 15 is 0 Å². The first-order valence-corrected chi connectivity index (χ1v) is 11.1. The molecule has 4 heteroatoms. The van der Waals surface area contributed by atoms with Crippen molar-refractivity contribution in [2.24, 2.45) is 0 Å². The van der Waals surface area contributed by atoms with Gasteiger partial charge in [0, 0.05) is 34.5 Å². The molecule has 2 atom stereocenters. The van der Waals surface area contributed by atoms with Crippen molar-refractivity contribution < 1.29 is 9.90 Å². The Bertz CT molecular complexity index is 947. The number of carboxylic acids is 1. The normalized spacial score (nSPS) is 19.2. The van der Waals surface area contributed by atoms with Gasteiger partial charge in [0.1, 0.15) is 0 Å². The molecule has 1 fully saturated rings. The van der Waals surface area contributed by atoms with E-state index in [1.54, 1.807) is 0 Å². The second kappa shape index (κ2) is 8.36. The maximum Gasteiger partial charge on any atom is 0.303 e. The fourth-order valence-electron chi connectivity index (χ4n) is 4.56. The summed E-state index contributed by atoms with van der Waals surface area (Å²) in [5.41, 5.74) is 3.89. The lowest BCUT2D eigenvalue weighted by atomic mass is 9.95. The summed E-state index contributed by atoms with van der Waals surface area (Å²) >= 11 is 1.84. The Balaban J connectivity index is 1.46. The Morgan fingerprint density at radius 1 is 1.14 bits per heavy atom. The van der Waals surface area contributed by atoms with Crippen LogP contribution in [0, 0.1) is 0 Å². The first-order valence-electron chi connectivity index (χ1n) is 10.2. The van der Waals surface area contributed by atoms with Crippen LogP contribution in [0.3, 0.4) is 0 Å². The number of anilines is 1. The summed E-state index contributed by atoms with van der Waals surface area (Å²) in [7, 11) is 0. The van der Waals surface area contributed by atoms with E-state index in [9.17, 15) is 4.79 Å². The number of aliphatic carboxylic acids is 1. The molecule has 1 aromatic heterocycles. The summed E-state index contributed by atoms with van der Waals surface area (Å²) in [5, 5.41) is 12.5. The van der Waals surface area contributed by atoms with Crippen molar-refractivity contribution in [2.45, 2.75) is 51.0 Å². The number of nitrogens with zero attached hydrogens (tertiary/aromatic N) is 1. The van der Waals surface area contributed by atoms with Crippen LogP contribution in [0.2, 0.25) is 0 Å². The van der Waals surface area contributed by atoms with Crippen molar-refractivity contribution >= 4 is 33.1 Å². The second-order valence-electron chi connectivity index (χ2n) is 7.70. The maximum absolute atomic E-state index is 10.8. The summed E-state index contributed by atoms with van der Waals surface area (Å²) in [6, 6.07) is 17.9. The van der Waals surface area contributed by atoms with Gasteiger partial charge in [0.25, 0.3) is 0 Å². The summed E-state index contributed by atoms with van der Waals surface area (Å²) in [5.74, 6) is -0.138. The van der Waals surface area contributed by atoms with Gasteiger partial charge in [-0.2, -0.15) is 0 Å². The van der Waals surface area contributed by atoms with Crippen molar-refractivity contribution in [1.82, 2.24) is 0 Å². The fraction of sp³-hybridized carbons (Fsp3) is 0.375. The molecule has 2 aromatic carbocycles. The third-order valence-corrected chi connectivity index (χ3v) is 6.99. The van der Waals surface area contributed by atoms with Crippen LogP contribution in [0.15, 0.2) is 53.9 Å². The van der Waals surface area contributed by atoms with Gasteiger partial charge in [-0.3, -0.25) is 4.79 Å². The van der Waals surface area contributed by atoms with Crippen LogP contribution in [0.1, 0.15) is 49.7 Å². The number of carboxylic acid groups (broad SMARTS) is 1. The van der Waals surface area contributed by atoms with E-state index in [-0.39, 0.29) is 6.42 Å². The quantitative estimate of drug-likeness (QED) is 0.529. The molecule has 3 aromatic rings. The van der Waals surface area contributed by atoms with Gasteiger partial charge in [-0.15, -0.1) is 11.3 Å². The fourth-order valence-corrected chi connectivity index (χ4v) is 5.52. The molecule has 0 aliphatic heterocycles. The van der Waals surface area contributed by atoms with E-state index in [0.29, 0.717) is 18.4 Å². The molecule has 1 aliphatic carbocycles. The molecule has 1 saturated carbocycles. The van der Waals surface area contributed by atoms with E-state index in [1.807, 2.05) is 11.3 Å². The second-order valence-corrected chi connectivity index (χ2v) is 8.61. The molecule has 3 nitrogen and oxygen atoms in total. The molecule has 1 N–H and O–H groups in total. The predicted octanol–water partition coefficient (Wildman–Crippen LogP) is 6.08. The van der Waals surface area contributed by atoms with E-state index in [4.69, 9.17) is 5.11 Å². The van der Waals surface area contributed by atoms with E-state index < -0.39 is 5.97 Å². The van der Waals surface area contributed by atoms with Gasteiger partial charge < -0.3 is 10.0 Å². The summed E-state index contributed by atoms with van der Waals surface area (Å²) < 4.78 is 1.36. The van der Waals surface area contributed by atoms with Crippen LogP contribution in [-0.4, -0.2) is 23.7 Å². The van der Waals surface area contributed by atoms with Gasteiger partial charge >= 0.3 is 5.97 Å². The van der Waals surface area contributed by atoms with E-state index in [0.717, 1.165) is 12.1 Å². The van der Waals surface area contributed by atoms with Crippen LogP contribution in [0.5, 0.6) is 0 Å². The lowest BCUT2D eigenvalue weighted by Gasteiger charge is -2.30. The molecule has 0 bridgehead atoms. The third kappa shape index (κ3) is 3.93. The molecule has 0 radical (unpaired) electrons. The lowest BCUT2D eigenvalue weighted by Crippen LogP contribution is -2.33. The first-order chi connectivity index (χ1) is 13.7. The lowest BCUT2D eigenvalue weighted by molar-refractivity contribution is -0.136. The molecule has 1 aliphatic rings. The standard InChI is InChI=1S/C24H27NO2S/c1-2-25(22-16-28-23-6-4-3-5-21(22)23)20-13-12-19(15-20)18-10-7-17(8-11-18)9-14-24(26)27/h3-8,10-11,16,19-20H,2,9,12-15H2,1H3,(H,26,27). The van der Waals surface area contributed by atoms with E-state index in [2.05, 4.69) is 65.7 Å². The third-order valence-electron chi connectivity index (χ3n) is 6.04. The highest BCUT2D eigenvalue weighted by molar-refractivity contribution is 7.17. The number of hydrogen-bond donors (Lipinski definition) is 1. The highest BCUT2D eigenvalue weighted by atomic mass is 32.1. The van der Waals surface area contributed by atoms with Crippen LogP contribution < -0.4 is 4.90 Å². The Labute approximate surface area is 170 Å². The van der Waals surface area contributed by atoms with Crippen molar-refractivity contribution in [3.63, 3.8) is 0 Å². The van der Waals surface area contributed by atoms with Crippen LogP contribution in [-0.2, 0) is 11.2 Å². The van der Waals surface area contributed by atoms with Gasteiger partial charge in [-0.25, -0.2) is 0 Å². The number of hydrogen-bond acceptors (Lipinski definition) is 3. The molecule has 146 valence electrons. The minimum atomic E-state index is -0.733. The Morgan fingerprint density at radius 3 is 2.68 bits per heavy atom. The number of thiophene rings is 1. The molecular formula is C24H27NO2S. The zero-order chi connectivity index (χ0) is 19.5. The van der Waals surface area contributed by atoms with Crippen molar-refractivity contribution in [2.75, 3.05) is 11.4 Å². The average Bonchev–Trinajstić information content (AvgIpc) is 3.36. The van der Waals surface area contributed by atoms with Crippen LogP contribution in [0.25, 0.3) is 10.1 Å². The first kappa shape index (κ1) is 19.0. The van der Waals surface area contributed by atoms with E-state index in [1.165, 1.54) is 40.6 Å². The molecule has 2 unspecified atom stereocenters. The largest absolute Gasteiger partial charge is 0.481 e. The average molecular weight is 394 g/mol. The van der Waals surface area contributed by atoms with Crippen LogP contribution >= 0.6 is 11.3 Å². The number of aryl methyl sites for hydroxylation is 1. The molecule has 0 amide bonds.